The molecule has 0 aliphatic rings. The number of ether oxygens (including phenoxy) is 1. The molecule has 0 atom stereocenters. The van der Waals surface area contributed by atoms with E-state index in [1.54, 1.807) is 31.2 Å². The molecule has 0 unspecified atom stereocenters. The number of hydrogen-bond acceptors (Lipinski definition) is 4. The Labute approximate surface area is 136 Å². The summed E-state index contributed by atoms with van der Waals surface area (Å²) in [6, 6.07) is 7.63. The van der Waals surface area contributed by atoms with Gasteiger partial charge in [-0.3, -0.25) is 9.59 Å². The Kier molecular flexibility index (Phi) is 4.86. The number of aliphatic carboxylic acids is 1. The van der Waals surface area contributed by atoms with Gasteiger partial charge in [-0.2, -0.15) is 0 Å². The molecule has 0 bridgehead atoms. The van der Waals surface area contributed by atoms with Crippen molar-refractivity contribution in [2.24, 2.45) is 0 Å². The van der Waals surface area contributed by atoms with Gasteiger partial charge in [-0.1, -0.05) is 23.7 Å². The topological polar surface area (TPSA) is 85.6 Å². The highest BCUT2D eigenvalue weighted by atomic mass is 35.5. The average molecular weight is 336 g/mol. The zero-order chi connectivity index (χ0) is 17.1. The molecule has 0 saturated carbocycles. The number of esters is 1. The van der Waals surface area contributed by atoms with Crippen LogP contribution >= 0.6 is 11.6 Å². The first kappa shape index (κ1) is 16.8. The second-order valence-electron chi connectivity index (χ2n) is 4.85. The van der Waals surface area contributed by atoms with E-state index in [9.17, 15) is 14.4 Å². The van der Waals surface area contributed by atoms with E-state index in [-0.39, 0.29) is 11.3 Å². The van der Waals surface area contributed by atoms with Gasteiger partial charge in [-0.05, 0) is 24.6 Å². The molecule has 23 heavy (non-hydrogen) atoms. The molecule has 0 radical (unpaired) electrons. The molecule has 1 aromatic heterocycles. The lowest BCUT2D eigenvalue weighted by Gasteiger charge is -2.18. The third-order valence-electron chi connectivity index (χ3n) is 3.32. The molecule has 7 heteroatoms. The molecule has 0 fully saturated rings. The molecule has 0 aliphatic heterocycles. The molecule has 0 amide bonds. The summed E-state index contributed by atoms with van der Waals surface area (Å²) in [4.78, 5) is 35.4. The fourth-order valence-electron chi connectivity index (χ4n) is 2.31. The first-order valence-corrected chi connectivity index (χ1v) is 7.03. The number of aryl methyl sites for hydroxylation is 1. The minimum atomic E-state index is -1.09. The van der Waals surface area contributed by atoms with Crippen LogP contribution in [0.4, 0.5) is 0 Å². The number of carbonyl (C=O) groups is 2. The summed E-state index contributed by atoms with van der Waals surface area (Å²) in [5.41, 5.74) is 0.385. The lowest BCUT2D eigenvalue weighted by Crippen LogP contribution is -2.25. The van der Waals surface area contributed by atoms with Crippen LogP contribution in [0.2, 0.25) is 5.02 Å². The van der Waals surface area contributed by atoms with Crippen LogP contribution in [0, 0.1) is 6.92 Å². The van der Waals surface area contributed by atoms with Crippen molar-refractivity contribution in [2.75, 3.05) is 7.11 Å². The second kappa shape index (κ2) is 6.66. The van der Waals surface area contributed by atoms with E-state index < -0.39 is 23.9 Å². The zero-order valence-electron chi connectivity index (χ0n) is 12.5. The van der Waals surface area contributed by atoms with Gasteiger partial charge >= 0.3 is 11.9 Å². The zero-order valence-corrected chi connectivity index (χ0v) is 13.3. The highest BCUT2D eigenvalue weighted by Crippen LogP contribution is 2.25. The molecule has 1 heterocycles. The van der Waals surface area contributed by atoms with Crippen molar-refractivity contribution in [3.63, 3.8) is 0 Å². The van der Waals surface area contributed by atoms with Crippen molar-refractivity contribution in [3.8, 4) is 11.3 Å². The van der Waals surface area contributed by atoms with E-state index in [0.29, 0.717) is 16.3 Å². The lowest BCUT2D eigenvalue weighted by atomic mass is 10.0. The van der Waals surface area contributed by atoms with Crippen LogP contribution in [0.1, 0.15) is 16.1 Å². The fourth-order valence-corrected chi connectivity index (χ4v) is 2.44. The molecule has 0 aliphatic carbocycles. The van der Waals surface area contributed by atoms with Crippen molar-refractivity contribution in [1.82, 2.24) is 4.57 Å². The molecule has 1 N–H and O–H groups in total. The highest BCUT2D eigenvalue weighted by molar-refractivity contribution is 6.30. The smallest absolute Gasteiger partial charge is 0.344 e. The summed E-state index contributed by atoms with van der Waals surface area (Å²) in [6.07, 6.45) is 0. The maximum atomic E-state index is 12.3. The van der Waals surface area contributed by atoms with Gasteiger partial charge in [0.15, 0.2) is 5.43 Å². The van der Waals surface area contributed by atoms with E-state index >= 15 is 0 Å². The Hall–Kier alpha value is -2.60. The maximum Gasteiger partial charge on any atom is 0.344 e. The molecule has 2 rings (SSSR count). The van der Waals surface area contributed by atoms with Crippen LogP contribution in [-0.4, -0.2) is 28.7 Å². The number of pyridine rings is 1. The Morgan fingerprint density at radius 3 is 2.39 bits per heavy atom. The quantitative estimate of drug-likeness (QED) is 0.867. The Balaban J connectivity index is 2.86. The number of nitrogens with zero attached hydrogens (tertiary/aromatic N) is 1. The van der Waals surface area contributed by atoms with Crippen LogP contribution in [0.25, 0.3) is 11.3 Å². The van der Waals surface area contributed by atoms with E-state index in [4.69, 9.17) is 16.7 Å². The number of rotatable bonds is 4. The number of hydrogen-bond donors (Lipinski definition) is 1. The predicted octanol–water partition coefficient (Wildman–Crippen LogP) is 2.35. The minimum Gasteiger partial charge on any atom is -0.480 e. The maximum absolute atomic E-state index is 12.3. The summed E-state index contributed by atoms with van der Waals surface area (Å²) >= 11 is 5.86. The van der Waals surface area contributed by atoms with Gasteiger partial charge in [-0.25, -0.2) is 4.79 Å². The van der Waals surface area contributed by atoms with Gasteiger partial charge in [0.1, 0.15) is 12.1 Å². The van der Waals surface area contributed by atoms with Crippen molar-refractivity contribution in [3.05, 3.63) is 56.8 Å². The van der Waals surface area contributed by atoms with Gasteiger partial charge in [0.05, 0.1) is 12.8 Å². The van der Waals surface area contributed by atoms with Gasteiger partial charge in [-0.15, -0.1) is 0 Å². The number of carboxylic acid groups (broad SMARTS) is 1. The van der Waals surface area contributed by atoms with E-state index in [0.717, 1.165) is 7.11 Å². The highest BCUT2D eigenvalue weighted by Gasteiger charge is 2.23. The van der Waals surface area contributed by atoms with Crippen molar-refractivity contribution in [1.29, 1.82) is 0 Å². The average Bonchev–Trinajstić information content (AvgIpc) is 2.49. The van der Waals surface area contributed by atoms with Gasteiger partial charge < -0.3 is 14.4 Å². The monoisotopic (exact) mass is 335 g/mol. The van der Waals surface area contributed by atoms with Gasteiger partial charge in [0.25, 0.3) is 0 Å². The molecule has 120 valence electrons. The molecular weight excluding hydrogens is 322 g/mol. The molecular formula is C16H14ClNO5. The second-order valence-corrected chi connectivity index (χ2v) is 5.29. The van der Waals surface area contributed by atoms with E-state index in [1.807, 2.05) is 0 Å². The SMILES string of the molecule is COC(=O)c1c(-c2ccc(Cl)cc2)n(CC(=O)O)c(C)cc1=O. The molecule has 6 nitrogen and oxygen atoms in total. The largest absolute Gasteiger partial charge is 0.480 e. The Bertz CT molecular complexity index is 824. The Morgan fingerprint density at radius 2 is 1.87 bits per heavy atom. The normalized spacial score (nSPS) is 10.4. The van der Waals surface area contributed by atoms with Crippen molar-refractivity contribution >= 4 is 23.5 Å². The number of halogens is 1. The predicted molar refractivity (Wildman–Crippen MR) is 84.9 cm³/mol. The number of carboxylic acids is 1. The molecule has 0 spiro atoms. The molecule has 1 aromatic carbocycles. The first-order valence-electron chi connectivity index (χ1n) is 6.65. The Morgan fingerprint density at radius 1 is 1.26 bits per heavy atom. The van der Waals surface area contributed by atoms with Crippen LogP contribution in [0.15, 0.2) is 35.1 Å². The summed E-state index contributed by atoms with van der Waals surface area (Å²) in [5, 5.41) is 9.61. The molecule has 2 aromatic rings. The van der Waals surface area contributed by atoms with Crippen LogP contribution in [0.5, 0.6) is 0 Å². The minimum absolute atomic E-state index is 0.195. The van der Waals surface area contributed by atoms with E-state index in [1.165, 1.54) is 10.6 Å². The van der Waals surface area contributed by atoms with Crippen LogP contribution in [0.3, 0.4) is 0 Å². The number of methoxy groups -OCH3 is 1. The van der Waals surface area contributed by atoms with Crippen LogP contribution in [-0.2, 0) is 16.1 Å². The summed E-state index contributed by atoms with van der Waals surface area (Å²) in [6.45, 7) is 1.21. The van der Waals surface area contributed by atoms with Crippen molar-refractivity contribution < 1.29 is 19.4 Å². The number of carbonyl (C=O) groups excluding carboxylic acids is 1. The number of benzene rings is 1. The van der Waals surface area contributed by atoms with E-state index in [2.05, 4.69) is 4.74 Å². The third kappa shape index (κ3) is 3.43. The summed E-state index contributed by atoms with van der Waals surface area (Å²) < 4.78 is 6.07. The van der Waals surface area contributed by atoms with Gasteiger partial charge in [0, 0.05) is 16.8 Å². The standard InChI is InChI=1S/C16H14ClNO5/c1-9-7-12(19)14(16(22)23-2)15(18(9)8-13(20)21)10-3-5-11(17)6-4-10/h3-7H,8H2,1-2H3,(H,20,21). The summed E-state index contributed by atoms with van der Waals surface area (Å²) in [5.74, 6) is -1.91. The number of aromatic nitrogens is 1. The van der Waals surface area contributed by atoms with Crippen LogP contribution < -0.4 is 5.43 Å². The first-order chi connectivity index (χ1) is 10.8. The third-order valence-corrected chi connectivity index (χ3v) is 3.57. The van der Waals surface area contributed by atoms with Gasteiger partial charge in [0.2, 0.25) is 0 Å². The summed E-state index contributed by atoms with van der Waals surface area (Å²) in [7, 11) is 1.16. The molecule has 0 saturated heterocycles. The fraction of sp³-hybridized carbons (Fsp3) is 0.188. The lowest BCUT2D eigenvalue weighted by molar-refractivity contribution is -0.137. The van der Waals surface area contributed by atoms with Crippen molar-refractivity contribution in [2.45, 2.75) is 13.5 Å².